The Morgan fingerprint density at radius 3 is 2.33 bits per heavy atom. The summed E-state index contributed by atoms with van der Waals surface area (Å²) in [4.78, 5) is 30.6. The van der Waals surface area contributed by atoms with Crippen molar-refractivity contribution in [2.24, 2.45) is 0 Å². The summed E-state index contributed by atoms with van der Waals surface area (Å²) in [6.45, 7) is 0.320. The summed E-state index contributed by atoms with van der Waals surface area (Å²) in [6.07, 6.45) is 0. The Hall–Kier alpha value is -3.43. The minimum absolute atomic E-state index is 0.0193. The quantitative estimate of drug-likeness (QED) is 0.312. The Bertz CT molecular complexity index is 1530. The van der Waals surface area contributed by atoms with E-state index >= 15 is 0 Å². The van der Waals surface area contributed by atoms with Crippen molar-refractivity contribution >= 4 is 38.6 Å². The monoisotopic (exact) mass is 477 g/mol. The average Bonchev–Trinajstić information content (AvgIpc) is 3.03. The molecule has 5 rings (SSSR count). The third-order valence-electron chi connectivity index (χ3n) is 5.45. The summed E-state index contributed by atoms with van der Waals surface area (Å²) in [5.74, 6) is -0.266. The van der Waals surface area contributed by atoms with Crippen LogP contribution in [0.5, 0.6) is 0 Å². The maximum absolute atomic E-state index is 13.2. The van der Waals surface area contributed by atoms with Crippen LogP contribution in [0.15, 0.2) is 93.7 Å². The van der Waals surface area contributed by atoms with Crippen molar-refractivity contribution < 1.29 is 13.2 Å². The first-order valence-electron chi connectivity index (χ1n) is 10.3. The number of nitrogens with zero attached hydrogens (tertiary/aromatic N) is 3. The van der Waals surface area contributed by atoms with Crippen LogP contribution in [0.2, 0.25) is 0 Å². The standard InChI is InChI=1S/C24H19N3O4S2/c28-22-18-10-4-6-12-20(18)25-24(26(22)16-17-8-2-1-3-9-17)32-15-14-27-23(29)19-11-5-7-13-21(19)33(27,30)31/h1-13H,14-16H2. The van der Waals surface area contributed by atoms with Gasteiger partial charge >= 0.3 is 0 Å². The van der Waals surface area contributed by atoms with Gasteiger partial charge in [0.25, 0.3) is 21.5 Å². The van der Waals surface area contributed by atoms with E-state index in [4.69, 9.17) is 0 Å². The third kappa shape index (κ3) is 3.83. The predicted molar refractivity (Wildman–Crippen MR) is 127 cm³/mol. The molecule has 33 heavy (non-hydrogen) atoms. The number of fused-ring (bicyclic) bond motifs is 2. The summed E-state index contributed by atoms with van der Waals surface area (Å²) in [6, 6.07) is 22.9. The molecule has 0 unspecified atom stereocenters. The highest BCUT2D eigenvalue weighted by Gasteiger charge is 2.40. The lowest BCUT2D eigenvalue weighted by Crippen LogP contribution is -2.32. The maximum atomic E-state index is 13.2. The van der Waals surface area contributed by atoms with Crippen LogP contribution in [0.1, 0.15) is 15.9 Å². The number of amides is 1. The number of carbonyl (C=O) groups excluding carboxylic acids is 1. The van der Waals surface area contributed by atoms with Gasteiger partial charge in [-0.25, -0.2) is 17.7 Å². The van der Waals surface area contributed by atoms with Gasteiger partial charge < -0.3 is 0 Å². The summed E-state index contributed by atoms with van der Waals surface area (Å²) in [5.41, 5.74) is 1.55. The number of benzene rings is 3. The smallest absolute Gasteiger partial charge is 0.269 e. The van der Waals surface area contributed by atoms with Gasteiger partial charge in [0.05, 0.1) is 23.0 Å². The van der Waals surface area contributed by atoms with E-state index in [0.29, 0.717) is 22.6 Å². The van der Waals surface area contributed by atoms with E-state index in [1.807, 2.05) is 36.4 Å². The van der Waals surface area contributed by atoms with Crippen LogP contribution in [0.25, 0.3) is 10.9 Å². The zero-order chi connectivity index (χ0) is 23.0. The van der Waals surface area contributed by atoms with Crippen LogP contribution in [0, 0.1) is 0 Å². The average molecular weight is 478 g/mol. The van der Waals surface area contributed by atoms with Crippen molar-refractivity contribution in [2.75, 3.05) is 12.3 Å². The van der Waals surface area contributed by atoms with E-state index in [-0.39, 0.29) is 28.3 Å². The highest BCUT2D eigenvalue weighted by atomic mass is 32.2. The lowest BCUT2D eigenvalue weighted by Gasteiger charge is -2.16. The van der Waals surface area contributed by atoms with Gasteiger partial charge in [-0.1, -0.05) is 66.4 Å². The predicted octanol–water partition coefficient (Wildman–Crippen LogP) is 3.38. The molecule has 9 heteroatoms. The molecule has 0 fully saturated rings. The Morgan fingerprint density at radius 2 is 1.55 bits per heavy atom. The first-order chi connectivity index (χ1) is 16.0. The summed E-state index contributed by atoms with van der Waals surface area (Å²) >= 11 is 1.26. The number of hydrogen-bond acceptors (Lipinski definition) is 6. The molecule has 166 valence electrons. The maximum Gasteiger partial charge on any atom is 0.269 e. The van der Waals surface area contributed by atoms with E-state index in [9.17, 15) is 18.0 Å². The Balaban J connectivity index is 1.44. The van der Waals surface area contributed by atoms with Gasteiger partial charge in [-0.15, -0.1) is 0 Å². The third-order valence-corrected chi connectivity index (χ3v) is 8.24. The Morgan fingerprint density at radius 1 is 0.848 bits per heavy atom. The molecule has 1 amide bonds. The molecule has 0 saturated carbocycles. The fourth-order valence-electron chi connectivity index (χ4n) is 3.84. The van der Waals surface area contributed by atoms with Crippen molar-refractivity contribution in [3.05, 3.63) is 100 Å². The summed E-state index contributed by atoms with van der Waals surface area (Å²) < 4.78 is 28.1. The minimum Gasteiger partial charge on any atom is -0.283 e. The normalized spacial score (nSPS) is 14.5. The van der Waals surface area contributed by atoms with Crippen LogP contribution in [-0.2, 0) is 16.6 Å². The van der Waals surface area contributed by atoms with Crippen LogP contribution in [0.4, 0.5) is 0 Å². The van der Waals surface area contributed by atoms with E-state index in [1.54, 1.807) is 34.9 Å². The van der Waals surface area contributed by atoms with Gasteiger partial charge in [0, 0.05) is 12.3 Å². The lowest BCUT2D eigenvalue weighted by atomic mass is 10.2. The molecule has 0 aliphatic carbocycles. The topological polar surface area (TPSA) is 89.3 Å². The van der Waals surface area contributed by atoms with Gasteiger partial charge in [0.1, 0.15) is 4.90 Å². The first kappa shape index (κ1) is 21.4. The van der Waals surface area contributed by atoms with Gasteiger partial charge in [0.15, 0.2) is 5.16 Å². The van der Waals surface area contributed by atoms with E-state index in [2.05, 4.69) is 4.98 Å². The second kappa shape index (κ2) is 8.49. The lowest BCUT2D eigenvalue weighted by molar-refractivity contribution is 0.0876. The van der Waals surface area contributed by atoms with Crippen LogP contribution < -0.4 is 5.56 Å². The number of rotatable bonds is 6. The number of carbonyl (C=O) groups is 1. The molecule has 0 spiro atoms. The molecule has 1 aliphatic rings. The van der Waals surface area contributed by atoms with Crippen molar-refractivity contribution in [1.82, 2.24) is 13.9 Å². The second-order valence-electron chi connectivity index (χ2n) is 7.52. The van der Waals surface area contributed by atoms with E-state index in [0.717, 1.165) is 9.87 Å². The number of sulfonamides is 1. The Labute approximate surface area is 194 Å². The van der Waals surface area contributed by atoms with Gasteiger partial charge in [-0.3, -0.25) is 14.2 Å². The largest absolute Gasteiger partial charge is 0.283 e. The van der Waals surface area contributed by atoms with Crippen LogP contribution in [0.3, 0.4) is 0 Å². The zero-order valence-corrected chi connectivity index (χ0v) is 19.1. The van der Waals surface area contributed by atoms with E-state index < -0.39 is 15.9 Å². The summed E-state index contributed by atoms with van der Waals surface area (Å²) in [7, 11) is -3.87. The van der Waals surface area contributed by atoms with E-state index in [1.165, 1.54) is 23.9 Å². The van der Waals surface area contributed by atoms with Crippen molar-refractivity contribution in [2.45, 2.75) is 16.6 Å². The van der Waals surface area contributed by atoms with Gasteiger partial charge in [0.2, 0.25) is 0 Å². The fraction of sp³-hybridized carbons (Fsp3) is 0.125. The molecule has 0 N–H and O–H groups in total. The molecule has 1 aliphatic heterocycles. The number of hydrogen-bond donors (Lipinski definition) is 0. The molecule has 0 saturated heterocycles. The molecular formula is C24H19N3O4S2. The molecule has 3 aromatic carbocycles. The molecular weight excluding hydrogens is 458 g/mol. The number of thioether (sulfide) groups is 1. The molecule has 4 aromatic rings. The Kier molecular flexibility index (Phi) is 5.51. The SMILES string of the molecule is O=C1c2ccccc2S(=O)(=O)N1CCSc1nc2ccccc2c(=O)n1Cc1ccccc1. The molecule has 0 radical (unpaired) electrons. The minimum atomic E-state index is -3.87. The van der Waals surface area contributed by atoms with Gasteiger partial charge in [-0.2, -0.15) is 0 Å². The second-order valence-corrected chi connectivity index (χ2v) is 10.4. The number of para-hydroxylation sites is 1. The number of aromatic nitrogens is 2. The van der Waals surface area contributed by atoms with Crippen LogP contribution in [-0.4, -0.2) is 40.5 Å². The molecule has 2 heterocycles. The highest BCUT2D eigenvalue weighted by Crippen LogP contribution is 2.30. The fourth-order valence-corrected chi connectivity index (χ4v) is 6.44. The summed E-state index contributed by atoms with van der Waals surface area (Å²) in [5, 5.41) is 0.995. The first-order valence-corrected chi connectivity index (χ1v) is 12.7. The molecule has 0 bridgehead atoms. The van der Waals surface area contributed by atoms with Crippen molar-refractivity contribution in [1.29, 1.82) is 0 Å². The zero-order valence-electron chi connectivity index (χ0n) is 17.4. The highest BCUT2D eigenvalue weighted by molar-refractivity contribution is 7.99. The molecule has 0 atom stereocenters. The van der Waals surface area contributed by atoms with Gasteiger partial charge in [-0.05, 0) is 29.8 Å². The van der Waals surface area contributed by atoms with Crippen molar-refractivity contribution in [3.8, 4) is 0 Å². The molecule has 1 aromatic heterocycles. The van der Waals surface area contributed by atoms with Crippen LogP contribution >= 0.6 is 11.8 Å². The molecule has 7 nitrogen and oxygen atoms in total. The van der Waals surface area contributed by atoms with Crippen molar-refractivity contribution in [3.63, 3.8) is 0 Å².